The predicted molar refractivity (Wildman–Crippen MR) is 114 cm³/mol. The second-order valence-corrected chi connectivity index (χ2v) is 7.29. The van der Waals surface area contributed by atoms with E-state index in [1.54, 1.807) is 0 Å². The molecule has 0 atom stereocenters. The summed E-state index contributed by atoms with van der Waals surface area (Å²) >= 11 is 0. The quantitative estimate of drug-likeness (QED) is 0.345. The molecule has 4 aromatic carbocycles. The molecule has 0 saturated heterocycles. The Morgan fingerprint density at radius 3 is 2.30 bits per heavy atom. The van der Waals surface area contributed by atoms with Crippen molar-refractivity contribution in [2.75, 3.05) is 5.73 Å². The summed E-state index contributed by atoms with van der Waals surface area (Å²) in [7, 11) is 0. The molecule has 0 spiro atoms. The average molecular weight is 346 g/mol. The summed E-state index contributed by atoms with van der Waals surface area (Å²) in [5.74, 6) is 0. The number of para-hydroxylation sites is 1. The number of aromatic nitrogens is 1. The molecule has 0 amide bonds. The third-order valence-corrected chi connectivity index (χ3v) is 5.86. The molecule has 6 rings (SSSR count). The van der Waals surface area contributed by atoms with E-state index in [-0.39, 0.29) is 0 Å². The topological polar surface area (TPSA) is 41.8 Å². The van der Waals surface area contributed by atoms with Gasteiger partial charge in [-0.25, -0.2) is 0 Å². The number of rotatable bonds is 1. The maximum absolute atomic E-state index is 6.68. The van der Waals surface area contributed by atoms with Crippen LogP contribution in [0.1, 0.15) is 11.1 Å². The summed E-state index contributed by atoms with van der Waals surface area (Å²) in [6.45, 7) is 0. The van der Waals surface area contributed by atoms with Crippen LogP contribution in [0, 0.1) is 0 Å². The Morgan fingerprint density at radius 2 is 1.37 bits per heavy atom. The number of aromatic amines is 1. The maximum Gasteiger partial charge on any atom is 0.0704 e. The average Bonchev–Trinajstić information content (AvgIpc) is 3.27. The van der Waals surface area contributed by atoms with Crippen LogP contribution >= 0.6 is 0 Å². The fourth-order valence-electron chi connectivity index (χ4n) is 4.58. The minimum Gasteiger partial charge on any atom is -0.397 e. The Balaban J connectivity index is 1.62. The van der Waals surface area contributed by atoms with Gasteiger partial charge >= 0.3 is 0 Å². The second kappa shape index (κ2) is 5.24. The van der Waals surface area contributed by atoms with Crippen molar-refractivity contribution in [3.05, 3.63) is 90.0 Å². The fourth-order valence-corrected chi connectivity index (χ4v) is 4.58. The molecule has 0 bridgehead atoms. The molecule has 128 valence electrons. The van der Waals surface area contributed by atoms with Gasteiger partial charge < -0.3 is 10.7 Å². The highest BCUT2D eigenvalue weighted by Crippen LogP contribution is 2.44. The molecule has 2 heteroatoms. The third kappa shape index (κ3) is 1.95. The van der Waals surface area contributed by atoms with Gasteiger partial charge in [0.15, 0.2) is 0 Å². The lowest BCUT2D eigenvalue weighted by molar-refractivity contribution is 1.26. The molecule has 1 aliphatic carbocycles. The summed E-state index contributed by atoms with van der Waals surface area (Å²) in [4.78, 5) is 3.52. The Kier molecular flexibility index (Phi) is 2.84. The molecular weight excluding hydrogens is 328 g/mol. The summed E-state index contributed by atoms with van der Waals surface area (Å²) in [5, 5.41) is 2.40. The number of benzene rings is 4. The van der Waals surface area contributed by atoms with Gasteiger partial charge in [-0.2, -0.15) is 0 Å². The Hall–Kier alpha value is -3.52. The zero-order valence-corrected chi connectivity index (χ0v) is 14.8. The van der Waals surface area contributed by atoms with E-state index in [4.69, 9.17) is 5.73 Å². The number of anilines is 1. The summed E-state index contributed by atoms with van der Waals surface area (Å²) in [6.07, 6.45) is 0.964. The maximum atomic E-state index is 6.68. The molecule has 27 heavy (non-hydrogen) atoms. The standard InChI is InChI=1S/C25H18N2/c26-24-20(12-13-21-19-8-3-4-11-23(19)27-25(21)24)18-10-5-9-17-16-7-2-1-6-15(16)14-22(17)18/h1-13,27H,14,26H2. The van der Waals surface area contributed by atoms with Crippen LogP contribution in [0.3, 0.4) is 0 Å². The number of nitrogen functional groups attached to an aromatic ring is 1. The Bertz CT molecular complexity index is 1360. The van der Waals surface area contributed by atoms with Crippen LogP contribution in [0.4, 0.5) is 5.69 Å². The number of hydrogen-bond donors (Lipinski definition) is 2. The van der Waals surface area contributed by atoms with Crippen LogP contribution in [-0.2, 0) is 6.42 Å². The molecule has 1 aliphatic rings. The second-order valence-electron chi connectivity index (χ2n) is 7.29. The van der Waals surface area contributed by atoms with Gasteiger partial charge in [0.05, 0.1) is 11.2 Å². The van der Waals surface area contributed by atoms with Gasteiger partial charge in [0.1, 0.15) is 0 Å². The molecule has 5 aromatic rings. The van der Waals surface area contributed by atoms with E-state index in [9.17, 15) is 0 Å². The smallest absolute Gasteiger partial charge is 0.0704 e. The SMILES string of the molecule is Nc1c(-c2cccc3c2Cc2ccccc2-3)ccc2c1[nH]c1ccccc12. The zero-order valence-electron chi connectivity index (χ0n) is 14.8. The van der Waals surface area contributed by atoms with Gasteiger partial charge in [0, 0.05) is 21.9 Å². The Morgan fingerprint density at radius 1 is 0.630 bits per heavy atom. The van der Waals surface area contributed by atoms with Crippen molar-refractivity contribution < 1.29 is 0 Å². The molecule has 2 nitrogen and oxygen atoms in total. The monoisotopic (exact) mass is 346 g/mol. The number of nitrogens with one attached hydrogen (secondary N) is 1. The third-order valence-electron chi connectivity index (χ3n) is 5.86. The number of hydrogen-bond acceptors (Lipinski definition) is 1. The predicted octanol–water partition coefficient (Wildman–Crippen LogP) is 6.14. The summed E-state index contributed by atoms with van der Waals surface area (Å²) in [6, 6.07) is 28.0. The minimum absolute atomic E-state index is 0.827. The summed E-state index contributed by atoms with van der Waals surface area (Å²) in [5.41, 5.74) is 17.5. The van der Waals surface area contributed by atoms with Crippen molar-refractivity contribution in [2.24, 2.45) is 0 Å². The molecule has 3 N–H and O–H groups in total. The first kappa shape index (κ1) is 14.6. The highest BCUT2D eigenvalue weighted by atomic mass is 14.7. The van der Waals surface area contributed by atoms with Crippen molar-refractivity contribution in [3.8, 4) is 22.3 Å². The zero-order chi connectivity index (χ0) is 18.0. The minimum atomic E-state index is 0.827. The van der Waals surface area contributed by atoms with Crippen LogP contribution in [-0.4, -0.2) is 4.98 Å². The van der Waals surface area contributed by atoms with Crippen LogP contribution in [0.2, 0.25) is 0 Å². The highest BCUT2D eigenvalue weighted by Gasteiger charge is 2.22. The van der Waals surface area contributed by atoms with Crippen molar-refractivity contribution in [1.29, 1.82) is 0 Å². The number of nitrogens with two attached hydrogens (primary N) is 1. The first-order valence-electron chi connectivity index (χ1n) is 9.31. The Labute approximate surface area is 157 Å². The van der Waals surface area contributed by atoms with E-state index in [1.807, 2.05) is 0 Å². The van der Waals surface area contributed by atoms with Crippen molar-refractivity contribution in [3.63, 3.8) is 0 Å². The van der Waals surface area contributed by atoms with Gasteiger partial charge in [-0.3, -0.25) is 0 Å². The van der Waals surface area contributed by atoms with Gasteiger partial charge in [0.2, 0.25) is 0 Å². The van der Waals surface area contributed by atoms with Crippen LogP contribution < -0.4 is 5.73 Å². The molecule has 1 aromatic heterocycles. The number of fused-ring (bicyclic) bond motifs is 6. The molecule has 0 radical (unpaired) electrons. The van der Waals surface area contributed by atoms with E-state index < -0.39 is 0 Å². The molecule has 1 heterocycles. The molecule has 0 aliphatic heterocycles. The van der Waals surface area contributed by atoms with E-state index in [1.165, 1.54) is 38.6 Å². The lowest BCUT2D eigenvalue weighted by Crippen LogP contribution is -1.95. The lowest BCUT2D eigenvalue weighted by atomic mass is 9.94. The molecule has 0 unspecified atom stereocenters. The van der Waals surface area contributed by atoms with Crippen LogP contribution in [0.25, 0.3) is 44.1 Å². The van der Waals surface area contributed by atoms with Gasteiger partial charge in [-0.15, -0.1) is 0 Å². The normalized spacial score (nSPS) is 12.4. The van der Waals surface area contributed by atoms with Crippen LogP contribution in [0.15, 0.2) is 78.9 Å². The molecule has 0 fully saturated rings. The van der Waals surface area contributed by atoms with Gasteiger partial charge in [0.25, 0.3) is 0 Å². The molecular formula is C25H18N2. The van der Waals surface area contributed by atoms with E-state index in [2.05, 4.69) is 83.8 Å². The highest BCUT2D eigenvalue weighted by molar-refractivity contribution is 6.13. The lowest BCUT2D eigenvalue weighted by Gasteiger charge is -2.12. The van der Waals surface area contributed by atoms with Gasteiger partial charge in [-0.1, -0.05) is 72.8 Å². The van der Waals surface area contributed by atoms with Gasteiger partial charge in [-0.05, 0) is 40.3 Å². The van der Waals surface area contributed by atoms with Crippen molar-refractivity contribution in [1.82, 2.24) is 4.98 Å². The van der Waals surface area contributed by atoms with Crippen LogP contribution in [0.5, 0.6) is 0 Å². The van der Waals surface area contributed by atoms with Crippen molar-refractivity contribution in [2.45, 2.75) is 6.42 Å². The number of H-pyrrole nitrogens is 1. The first-order chi connectivity index (χ1) is 13.3. The first-order valence-corrected chi connectivity index (χ1v) is 9.31. The largest absolute Gasteiger partial charge is 0.397 e. The summed E-state index contributed by atoms with van der Waals surface area (Å²) < 4.78 is 0. The van der Waals surface area contributed by atoms with E-state index in [0.717, 1.165) is 28.7 Å². The van der Waals surface area contributed by atoms with Crippen molar-refractivity contribution >= 4 is 27.5 Å². The fraction of sp³-hybridized carbons (Fsp3) is 0.0400. The van der Waals surface area contributed by atoms with E-state index >= 15 is 0 Å². The molecule has 0 saturated carbocycles. The van der Waals surface area contributed by atoms with E-state index in [0.29, 0.717) is 0 Å².